The highest BCUT2D eigenvalue weighted by Gasteiger charge is 2.22. The van der Waals surface area contributed by atoms with Crippen LogP contribution < -0.4 is 10.2 Å². The van der Waals surface area contributed by atoms with E-state index in [4.69, 9.17) is 0 Å². The van der Waals surface area contributed by atoms with Gasteiger partial charge in [0.25, 0.3) is 0 Å². The standard InChI is InChI=1S/C18H19N7O.2ClH/c1-23-10-11-24(18(26)13-23)14-6-7-15(19-12-14)21-16-4-2-5-17(22-16)25-9-3-8-20-25;;/h2-9,12H,10-11,13H2,1H3,(H,19,21,22);2*1H. The zero-order chi connectivity index (χ0) is 17.9. The van der Waals surface area contributed by atoms with Gasteiger partial charge in [-0.3, -0.25) is 9.69 Å². The van der Waals surface area contributed by atoms with Gasteiger partial charge in [0.15, 0.2) is 5.82 Å². The minimum absolute atomic E-state index is 0. The first-order valence-corrected chi connectivity index (χ1v) is 8.38. The summed E-state index contributed by atoms with van der Waals surface area (Å²) < 4.78 is 1.70. The fourth-order valence-electron chi connectivity index (χ4n) is 2.84. The van der Waals surface area contributed by atoms with Gasteiger partial charge in [-0.2, -0.15) is 5.10 Å². The monoisotopic (exact) mass is 421 g/mol. The Morgan fingerprint density at radius 2 is 1.89 bits per heavy atom. The lowest BCUT2D eigenvalue weighted by atomic mass is 10.2. The van der Waals surface area contributed by atoms with Crippen LogP contribution in [-0.2, 0) is 4.79 Å². The molecule has 1 N–H and O–H groups in total. The van der Waals surface area contributed by atoms with Gasteiger partial charge in [-0.1, -0.05) is 6.07 Å². The summed E-state index contributed by atoms with van der Waals surface area (Å²) in [5.74, 6) is 2.16. The summed E-state index contributed by atoms with van der Waals surface area (Å²) in [6.07, 6.45) is 5.26. The Hall–Kier alpha value is -2.68. The molecule has 1 aliphatic rings. The summed E-state index contributed by atoms with van der Waals surface area (Å²) >= 11 is 0. The normalized spacial score (nSPS) is 14.2. The van der Waals surface area contributed by atoms with Crippen LogP contribution in [0.4, 0.5) is 17.3 Å². The Bertz CT molecular complexity index is 903. The summed E-state index contributed by atoms with van der Waals surface area (Å²) in [5, 5.41) is 7.36. The largest absolute Gasteiger partial charge is 0.325 e. The van der Waals surface area contributed by atoms with Gasteiger partial charge in [-0.05, 0) is 37.4 Å². The van der Waals surface area contributed by atoms with Crippen LogP contribution in [0.15, 0.2) is 55.0 Å². The number of piperazine rings is 1. The van der Waals surface area contributed by atoms with E-state index >= 15 is 0 Å². The molecular formula is C18H21Cl2N7O. The van der Waals surface area contributed by atoms with E-state index in [1.54, 1.807) is 22.0 Å². The van der Waals surface area contributed by atoms with Gasteiger partial charge in [0, 0.05) is 25.5 Å². The zero-order valence-corrected chi connectivity index (χ0v) is 16.9. The maximum Gasteiger partial charge on any atom is 0.241 e. The molecule has 0 spiro atoms. The summed E-state index contributed by atoms with van der Waals surface area (Å²) in [6, 6.07) is 11.3. The number of rotatable bonds is 4. The highest BCUT2D eigenvalue weighted by molar-refractivity contribution is 5.95. The fourth-order valence-corrected chi connectivity index (χ4v) is 2.84. The molecule has 0 aliphatic carbocycles. The van der Waals surface area contributed by atoms with Gasteiger partial charge < -0.3 is 10.2 Å². The number of pyridine rings is 2. The molecule has 1 fully saturated rings. The minimum atomic E-state index is 0. The Balaban J connectivity index is 0.00000140. The first-order valence-electron chi connectivity index (χ1n) is 8.38. The van der Waals surface area contributed by atoms with E-state index in [-0.39, 0.29) is 30.7 Å². The van der Waals surface area contributed by atoms with Crippen molar-refractivity contribution in [2.75, 3.05) is 36.9 Å². The van der Waals surface area contributed by atoms with E-state index in [9.17, 15) is 4.79 Å². The maximum atomic E-state index is 12.2. The van der Waals surface area contributed by atoms with Crippen LogP contribution in [0.3, 0.4) is 0 Å². The molecule has 4 rings (SSSR count). The van der Waals surface area contributed by atoms with Crippen LogP contribution >= 0.6 is 24.8 Å². The molecule has 0 atom stereocenters. The van der Waals surface area contributed by atoms with E-state index in [1.807, 2.05) is 54.5 Å². The number of halogens is 2. The van der Waals surface area contributed by atoms with Gasteiger partial charge in [0.1, 0.15) is 11.6 Å². The van der Waals surface area contributed by atoms with Gasteiger partial charge in [-0.25, -0.2) is 14.6 Å². The SMILES string of the molecule is CN1CCN(c2ccc(Nc3cccc(-n4cccn4)n3)nc2)C(=O)C1.Cl.Cl. The van der Waals surface area contributed by atoms with Crippen molar-refractivity contribution in [3.63, 3.8) is 0 Å². The van der Waals surface area contributed by atoms with Gasteiger partial charge in [0.05, 0.1) is 18.4 Å². The van der Waals surface area contributed by atoms with Crippen molar-refractivity contribution in [3.05, 3.63) is 55.0 Å². The average Bonchev–Trinajstić information content (AvgIpc) is 3.18. The smallest absolute Gasteiger partial charge is 0.241 e. The first kappa shape index (κ1) is 21.6. The molecule has 8 nitrogen and oxygen atoms in total. The number of aromatic nitrogens is 4. The summed E-state index contributed by atoms with van der Waals surface area (Å²) in [4.78, 5) is 24.9. The molecule has 1 aliphatic heterocycles. The highest BCUT2D eigenvalue weighted by atomic mass is 35.5. The van der Waals surface area contributed by atoms with Crippen LogP contribution in [0.25, 0.3) is 5.82 Å². The number of nitrogens with zero attached hydrogens (tertiary/aromatic N) is 6. The first-order chi connectivity index (χ1) is 12.7. The second kappa shape index (κ2) is 9.50. The summed E-state index contributed by atoms with van der Waals surface area (Å²) in [5.41, 5.74) is 0.812. The Morgan fingerprint density at radius 1 is 1.04 bits per heavy atom. The number of carbonyl (C=O) groups is 1. The van der Waals surface area contributed by atoms with E-state index in [2.05, 4.69) is 20.4 Å². The van der Waals surface area contributed by atoms with Crippen molar-refractivity contribution in [1.82, 2.24) is 24.6 Å². The molecule has 0 radical (unpaired) electrons. The van der Waals surface area contributed by atoms with Gasteiger partial charge >= 0.3 is 0 Å². The lowest BCUT2D eigenvalue weighted by molar-refractivity contribution is -0.120. The highest BCUT2D eigenvalue weighted by Crippen LogP contribution is 2.20. The van der Waals surface area contributed by atoms with Crippen LogP contribution in [-0.4, -0.2) is 57.2 Å². The van der Waals surface area contributed by atoms with Gasteiger partial charge in [-0.15, -0.1) is 24.8 Å². The molecule has 10 heteroatoms. The van der Waals surface area contributed by atoms with Crippen LogP contribution in [0.2, 0.25) is 0 Å². The van der Waals surface area contributed by atoms with Crippen LogP contribution in [0, 0.1) is 0 Å². The maximum absolute atomic E-state index is 12.2. The van der Waals surface area contributed by atoms with Crippen molar-refractivity contribution in [2.24, 2.45) is 0 Å². The Kier molecular flexibility index (Phi) is 7.33. The number of nitrogens with one attached hydrogen (secondary N) is 1. The van der Waals surface area contributed by atoms with E-state index < -0.39 is 0 Å². The molecule has 1 amide bonds. The molecule has 0 aromatic carbocycles. The van der Waals surface area contributed by atoms with Crippen molar-refractivity contribution in [3.8, 4) is 5.82 Å². The Labute approximate surface area is 175 Å². The number of anilines is 3. The molecule has 0 bridgehead atoms. The third kappa shape index (κ3) is 4.78. The second-order valence-corrected chi connectivity index (χ2v) is 6.14. The predicted octanol–water partition coefficient (Wildman–Crippen LogP) is 2.53. The second-order valence-electron chi connectivity index (χ2n) is 6.14. The zero-order valence-electron chi connectivity index (χ0n) is 15.2. The van der Waals surface area contributed by atoms with Crippen molar-refractivity contribution < 1.29 is 4.79 Å². The van der Waals surface area contributed by atoms with Crippen molar-refractivity contribution in [1.29, 1.82) is 0 Å². The molecule has 28 heavy (non-hydrogen) atoms. The molecule has 4 heterocycles. The van der Waals surface area contributed by atoms with Crippen LogP contribution in [0.5, 0.6) is 0 Å². The number of hydrogen-bond acceptors (Lipinski definition) is 6. The Morgan fingerprint density at radius 3 is 2.57 bits per heavy atom. The quantitative estimate of drug-likeness (QED) is 0.696. The van der Waals surface area contributed by atoms with Crippen LogP contribution in [0.1, 0.15) is 0 Å². The lowest BCUT2D eigenvalue weighted by Gasteiger charge is -2.31. The minimum Gasteiger partial charge on any atom is -0.325 e. The number of carbonyl (C=O) groups excluding carboxylic acids is 1. The van der Waals surface area contributed by atoms with E-state index in [0.717, 1.165) is 18.1 Å². The predicted molar refractivity (Wildman–Crippen MR) is 113 cm³/mol. The third-order valence-electron chi connectivity index (χ3n) is 4.20. The molecule has 0 unspecified atom stereocenters. The molecule has 0 saturated carbocycles. The van der Waals surface area contributed by atoms with Gasteiger partial charge in [0.2, 0.25) is 5.91 Å². The number of amides is 1. The summed E-state index contributed by atoms with van der Waals surface area (Å²) in [7, 11) is 1.95. The van der Waals surface area contributed by atoms with E-state index in [0.29, 0.717) is 24.7 Å². The van der Waals surface area contributed by atoms with Crippen molar-refractivity contribution in [2.45, 2.75) is 0 Å². The molecular weight excluding hydrogens is 401 g/mol. The summed E-state index contributed by atoms with van der Waals surface area (Å²) in [6.45, 7) is 1.97. The fraction of sp³-hybridized carbons (Fsp3) is 0.222. The van der Waals surface area contributed by atoms with Crippen molar-refractivity contribution >= 4 is 48.0 Å². The van der Waals surface area contributed by atoms with E-state index in [1.165, 1.54) is 0 Å². The molecule has 1 saturated heterocycles. The number of likely N-dealkylation sites (N-methyl/N-ethyl adjacent to an activating group) is 1. The molecule has 148 valence electrons. The lowest BCUT2D eigenvalue weighted by Crippen LogP contribution is -2.48. The number of hydrogen-bond donors (Lipinski definition) is 1. The third-order valence-corrected chi connectivity index (χ3v) is 4.20. The molecule has 3 aromatic heterocycles. The topological polar surface area (TPSA) is 79.2 Å². The molecule has 3 aromatic rings. The average molecular weight is 422 g/mol.